The van der Waals surface area contributed by atoms with E-state index in [2.05, 4.69) is 10.2 Å². The number of hydrogen-bond acceptors (Lipinski definition) is 4. The SMILES string of the molecule is Cc1n[nH]c(C)c1S(=O)(=O)N1CCC(Oc2ccc(Cl)cc2F)CC1. The molecule has 3 rings (SSSR count). The van der Waals surface area contributed by atoms with Gasteiger partial charge in [0.05, 0.1) is 11.4 Å². The third-order valence-electron chi connectivity index (χ3n) is 4.25. The van der Waals surface area contributed by atoms with Crippen LogP contribution < -0.4 is 4.74 Å². The molecule has 0 atom stereocenters. The first kappa shape index (κ1) is 18.2. The van der Waals surface area contributed by atoms with Gasteiger partial charge in [-0.3, -0.25) is 5.10 Å². The van der Waals surface area contributed by atoms with Crippen molar-refractivity contribution in [3.05, 3.63) is 40.4 Å². The van der Waals surface area contributed by atoms with Crippen molar-refractivity contribution in [2.75, 3.05) is 13.1 Å². The number of nitrogens with one attached hydrogen (secondary N) is 1. The number of aromatic nitrogens is 2. The summed E-state index contributed by atoms with van der Waals surface area (Å²) in [4.78, 5) is 0.232. The average molecular weight is 388 g/mol. The quantitative estimate of drug-likeness (QED) is 0.874. The van der Waals surface area contributed by atoms with E-state index >= 15 is 0 Å². The molecule has 0 aliphatic carbocycles. The number of sulfonamides is 1. The number of hydrogen-bond donors (Lipinski definition) is 1. The van der Waals surface area contributed by atoms with Crippen molar-refractivity contribution in [3.8, 4) is 5.75 Å². The molecule has 0 amide bonds. The fourth-order valence-corrected chi connectivity index (χ4v) is 4.95. The van der Waals surface area contributed by atoms with E-state index in [-0.39, 0.29) is 16.7 Å². The van der Waals surface area contributed by atoms with E-state index in [1.807, 2.05) is 0 Å². The normalized spacial score (nSPS) is 17.0. The van der Waals surface area contributed by atoms with Crippen LogP contribution in [-0.2, 0) is 10.0 Å². The molecule has 2 aromatic rings. The molecule has 0 unspecified atom stereocenters. The molecular formula is C16H19ClFN3O3S. The zero-order valence-corrected chi connectivity index (χ0v) is 15.5. The lowest BCUT2D eigenvalue weighted by Gasteiger charge is -2.31. The van der Waals surface area contributed by atoms with Crippen molar-refractivity contribution in [1.29, 1.82) is 0 Å². The summed E-state index contributed by atoms with van der Waals surface area (Å²) in [7, 11) is -3.60. The summed E-state index contributed by atoms with van der Waals surface area (Å²) < 4.78 is 46.5. The van der Waals surface area contributed by atoms with Crippen LogP contribution in [0.4, 0.5) is 4.39 Å². The highest BCUT2D eigenvalue weighted by atomic mass is 35.5. The zero-order valence-electron chi connectivity index (χ0n) is 13.9. The first-order chi connectivity index (χ1) is 11.8. The number of aryl methyl sites for hydroxylation is 2. The Hall–Kier alpha value is -1.64. The topological polar surface area (TPSA) is 75.3 Å². The highest BCUT2D eigenvalue weighted by Crippen LogP contribution is 2.28. The van der Waals surface area contributed by atoms with Crippen LogP contribution in [0.3, 0.4) is 0 Å². The van der Waals surface area contributed by atoms with Gasteiger partial charge in [-0.05, 0) is 44.9 Å². The molecule has 1 saturated heterocycles. The second-order valence-corrected chi connectivity index (χ2v) is 8.37. The van der Waals surface area contributed by atoms with Gasteiger partial charge in [-0.15, -0.1) is 0 Å². The summed E-state index contributed by atoms with van der Waals surface area (Å²) in [6.07, 6.45) is 0.725. The van der Waals surface area contributed by atoms with E-state index in [1.165, 1.54) is 16.4 Å². The van der Waals surface area contributed by atoms with Crippen molar-refractivity contribution in [2.45, 2.75) is 37.7 Å². The Morgan fingerprint density at radius 2 is 2.00 bits per heavy atom. The van der Waals surface area contributed by atoms with E-state index in [4.69, 9.17) is 16.3 Å². The maximum Gasteiger partial charge on any atom is 0.246 e. The third-order valence-corrected chi connectivity index (χ3v) is 6.64. The van der Waals surface area contributed by atoms with Crippen molar-refractivity contribution >= 4 is 21.6 Å². The molecule has 1 aliphatic heterocycles. The predicted octanol–water partition coefficient (Wildman–Crippen LogP) is 3.05. The van der Waals surface area contributed by atoms with E-state index in [1.54, 1.807) is 19.9 Å². The highest BCUT2D eigenvalue weighted by Gasteiger charge is 2.33. The van der Waals surface area contributed by atoms with Crippen molar-refractivity contribution in [3.63, 3.8) is 0 Å². The lowest BCUT2D eigenvalue weighted by molar-refractivity contribution is 0.130. The number of piperidine rings is 1. The molecule has 0 radical (unpaired) electrons. The second-order valence-electron chi connectivity index (χ2n) is 6.06. The molecule has 25 heavy (non-hydrogen) atoms. The van der Waals surface area contributed by atoms with Gasteiger partial charge in [0.2, 0.25) is 10.0 Å². The van der Waals surface area contributed by atoms with Gasteiger partial charge in [0.1, 0.15) is 11.0 Å². The Morgan fingerprint density at radius 1 is 1.32 bits per heavy atom. The first-order valence-corrected chi connectivity index (χ1v) is 9.74. The number of benzene rings is 1. The van der Waals surface area contributed by atoms with Gasteiger partial charge in [-0.25, -0.2) is 12.8 Å². The molecular weight excluding hydrogens is 369 g/mol. The predicted molar refractivity (Wildman–Crippen MR) is 91.9 cm³/mol. The fraction of sp³-hybridized carbons (Fsp3) is 0.438. The molecule has 1 aliphatic rings. The Morgan fingerprint density at radius 3 is 2.56 bits per heavy atom. The van der Waals surface area contributed by atoms with Crippen LogP contribution in [0.5, 0.6) is 5.75 Å². The van der Waals surface area contributed by atoms with Gasteiger partial charge in [-0.2, -0.15) is 9.40 Å². The first-order valence-electron chi connectivity index (χ1n) is 7.92. The van der Waals surface area contributed by atoms with Crippen molar-refractivity contribution < 1.29 is 17.5 Å². The third kappa shape index (κ3) is 3.65. The van der Waals surface area contributed by atoms with E-state index in [9.17, 15) is 12.8 Å². The number of aromatic amines is 1. The summed E-state index contributed by atoms with van der Waals surface area (Å²) in [5.74, 6) is -0.389. The van der Waals surface area contributed by atoms with Crippen LogP contribution in [0.1, 0.15) is 24.2 Å². The van der Waals surface area contributed by atoms with E-state index in [0.717, 1.165) is 0 Å². The summed E-state index contributed by atoms with van der Waals surface area (Å²) in [6, 6.07) is 4.24. The lowest BCUT2D eigenvalue weighted by Crippen LogP contribution is -2.42. The number of rotatable bonds is 4. The van der Waals surface area contributed by atoms with Crippen LogP contribution in [-0.4, -0.2) is 42.1 Å². The Labute approximate surface area is 151 Å². The van der Waals surface area contributed by atoms with Crippen LogP contribution in [0.25, 0.3) is 0 Å². The summed E-state index contributed by atoms with van der Waals surface area (Å²) >= 11 is 5.73. The molecule has 1 aromatic carbocycles. The van der Waals surface area contributed by atoms with Gasteiger partial charge in [-0.1, -0.05) is 11.6 Å². The number of H-pyrrole nitrogens is 1. The molecule has 1 aromatic heterocycles. The lowest BCUT2D eigenvalue weighted by atomic mass is 10.1. The molecule has 0 saturated carbocycles. The molecule has 9 heteroatoms. The second kappa shape index (κ2) is 6.93. The molecule has 136 valence electrons. The van der Waals surface area contributed by atoms with Crippen LogP contribution in [0, 0.1) is 19.7 Å². The minimum absolute atomic E-state index is 0.132. The Bertz CT molecular complexity index is 857. The average Bonchev–Trinajstić information content (AvgIpc) is 2.90. The summed E-state index contributed by atoms with van der Waals surface area (Å²) in [5, 5.41) is 6.96. The number of ether oxygens (including phenoxy) is 1. The summed E-state index contributed by atoms with van der Waals surface area (Å²) in [6.45, 7) is 3.97. The van der Waals surface area contributed by atoms with E-state index < -0.39 is 15.8 Å². The van der Waals surface area contributed by atoms with Gasteiger partial charge < -0.3 is 4.74 Å². The maximum atomic E-state index is 13.8. The van der Waals surface area contributed by atoms with Crippen molar-refractivity contribution in [1.82, 2.24) is 14.5 Å². The van der Waals surface area contributed by atoms with Crippen LogP contribution >= 0.6 is 11.6 Å². The van der Waals surface area contributed by atoms with Gasteiger partial charge in [0.15, 0.2) is 11.6 Å². The smallest absolute Gasteiger partial charge is 0.246 e. The molecule has 0 bridgehead atoms. The fourth-order valence-electron chi connectivity index (χ4n) is 2.99. The monoisotopic (exact) mass is 387 g/mol. The minimum Gasteiger partial charge on any atom is -0.487 e. The highest BCUT2D eigenvalue weighted by molar-refractivity contribution is 7.89. The van der Waals surface area contributed by atoms with Crippen LogP contribution in [0.15, 0.2) is 23.1 Å². The largest absolute Gasteiger partial charge is 0.487 e. The zero-order chi connectivity index (χ0) is 18.2. The van der Waals surface area contributed by atoms with E-state index in [0.29, 0.717) is 42.3 Å². The molecule has 2 heterocycles. The van der Waals surface area contributed by atoms with Crippen molar-refractivity contribution in [2.24, 2.45) is 0 Å². The molecule has 0 spiro atoms. The van der Waals surface area contributed by atoms with Crippen LogP contribution in [0.2, 0.25) is 5.02 Å². The number of halogens is 2. The molecule has 6 nitrogen and oxygen atoms in total. The standard InChI is InChI=1S/C16H19ClFN3O3S/c1-10-16(11(2)20-19-10)25(22,23)21-7-5-13(6-8-21)24-15-4-3-12(17)9-14(15)18/h3-4,9,13H,5-8H2,1-2H3,(H,19,20). The molecule has 1 fully saturated rings. The Kier molecular flexibility index (Phi) is 5.04. The summed E-state index contributed by atoms with van der Waals surface area (Å²) in [5.41, 5.74) is 0.984. The molecule has 1 N–H and O–H groups in total. The van der Waals surface area contributed by atoms with Gasteiger partial charge >= 0.3 is 0 Å². The van der Waals surface area contributed by atoms with Gasteiger partial charge in [0, 0.05) is 18.1 Å². The Balaban J connectivity index is 1.67. The minimum atomic E-state index is -3.60. The van der Waals surface area contributed by atoms with Gasteiger partial charge in [0.25, 0.3) is 0 Å². The maximum absolute atomic E-state index is 13.8. The number of nitrogens with zero attached hydrogens (tertiary/aromatic N) is 2.